The average Bonchev–Trinajstić information content (AvgIpc) is 2.78. The highest BCUT2D eigenvalue weighted by Crippen LogP contribution is 2.21. The van der Waals surface area contributed by atoms with Crippen molar-refractivity contribution < 1.29 is 13.2 Å². The third-order valence-electron chi connectivity index (χ3n) is 2.57. The van der Waals surface area contributed by atoms with Gasteiger partial charge in [-0.25, -0.2) is 12.7 Å². The molecule has 0 bridgehead atoms. The van der Waals surface area contributed by atoms with Crippen LogP contribution in [0.1, 0.15) is 29.9 Å². The van der Waals surface area contributed by atoms with E-state index in [0.29, 0.717) is 4.88 Å². The molecule has 0 aromatic carbocycles. The number of hydrogen-bond donors (Lipinski definition) is 1. The van der Waals surface area contributed by atoms with Crippen LogP contribution in [-0.4, -0.2) is 38.8 Å². The molecular formula is C11H18N2O3S2. The van der Waals surface area contributed by atoms with Crippen LogP contribution in [0.4, 0.5) is 0 Å². The summed E-state index contributed by atoms with van der Waals surface area (Å²) < 4.78 is 24.8. The van der Waals surface area contributed by atoms with Crippen molar-refractivity contribution in [3.8, 4) is 0 Å². The van der Waals surface area contributed by atoms with Crippen molar-refractivity contribution in [1.82, 2.24) is 9.62 Å². The van der Waals surface area contributed by atoms with E-state index in [1.807, 2.05) is 13.8 Å². The van der Waals surface area contributed by atoms with Crippen molar-refractivity contribution >= 4 is 27.3 Å². The Bertz CT molecular complexity index is 520. The lowest BCUT2D eigenvalue weighted by Crippen LogP contribution is -2.31. The lowest BCUT2D eigenvalue weighted by atomic mass is 10.2. The van der Waals surface area contributed by atoms with Gasteiger partial charge in [0.2, 0.25) is 10.0 Å². The standard InChI is InChI=1S/C11H18N2O3S2/c1-5-8(2)12-11(14)10-6-9(7-17-10)18(15,16)13(3)4/h6-8H,5H2,1-4H3,(H,12,14)/t8-/m0/s1. The molecule has 1 aromatic heterocycles. The zero-order chi connectivity index (χ0) is 13.9. The summed E-state index contributed by atoms with van der Waals surface area (Å²) in [6.07, 6.45) is 0.833. The number of nitrogens with one attached hydrogen (secondary N) is 1. The van der Waals surface area contributed by atoms with E-state index in [2.05, 4.69) is 5.32 Å². The maximum Gasteiger partial charge on any atom is 0.261 e. The molecule has 18 heavy (non-hydrogen) atoms. The van der Waals surface area contributed by atoms with Gasteiger partial charge in [0.05, 0.1) is 9.77 Å². The molecule has 0 saturated heterocycles. The van der Waals surface area contributed by atoms with Gasteiger partial charge in [0.15, 0.2) is 0 Å². The third kappa shape index (κ3) is 3.30. The Hall–Kier alpha value is -0.920. The molecule has 0 unspecified atom stereocenters. The number of amides is 1. The normalized spacial score (nSPS) is 13.6. The van der Waals surface area contributed by atoms with Crippen LogP contribution in [0.2, 0.25) is 0 Å². The first-order valence-electron chi connectivity index (χ1n) is 5.61. The molecule has 0 aliphatic carbocycles. The predicted molar refractivity (Wildman–Crippen MR) is 72.4 cm³/mol. The quantitative estimate of drug-likeness (QED) is 0.894. The number of carbonyl (C=O) groups is 1. The van der Waals surface area contributed by atoms with Gasteiger partial charge in [0.25, 0.3) is 5.91 Å². The molecule has 7 heteroatoms. The summed E-state index contributed by atoms with van der Waals surface area (Å²) in [7, 11) is -0.531. The molecule has 1 aromatic rings. The number of nitrogens with zero attached hydrogens (tertiary/aromatic N) is 1. The molecule has 0 fully saturated rings. The summed E-state index contributed by atoms with van der Waals surface area (Å²) in [6.45, 7) is 3.88. The Morgan fingerprint density at radius 3 is 2.61 bits per heavy atom. The number of carbonyl (C=O) groups excluding carboxylic acids is 1. The van der Waals surface area contributed by atoms with Crippen LogP contribution < -0.4 is 5.32 Å². The summed E-state index contributed by atoms with van der Waals surface area (Å²) in [5, 5.41) is 4.29. The fourth-order valence-corrected chi connectivity index (χ4v) is 3.25. The van der Waals surface area contributed by atoms with Crippen molar-refractivity contribution in [2.24, 2.45) is 0 Å². The third-order valence-corrected chi connectivity index (χ3v) is 5.44. The second-order valence-corrected chi connectivity index (χ2v) is 7.28. The molecule has 1 rings (SSSR count). The molecule has 0 aliphatic heterocycles. The number of sulfonamides is 1. The Balaban J connectivity index is 2.91. The van der Waals surface area contributed by atoms with Crippen molar-refractivity contribution in [2.45, 2.75) is 31.2 Å². The van der Waals surface area contributed by atoms with E-state index in [9.17, 15) is 13.2 Å². The molecule has 0 aliphatic rings. The van der Waals surface area contributed by atoms with E-state index in [1.54, 1.807) is 0 Å². The molecule has 0 radical (unpaired) electrons. The maximum atomic E-state index is 11.8. The Morgan fingerprint density at radius 2 is 2.11 bits per heavy atom. The number of hydrogen-bond acceptors (Lipinski definition) is 4. The average molecular weight is 290 g/mol. The van der Waals surface area contributed by atoms with Crippen molar-refractivity contribution in [3.63, 3.8) is 0 Å². The molecule has 102 valence electrons. The van der Waals surface area contributed by atoms with Gasteiger partial charge in [0, 0.05) is 25.5 Å². The summed E-state index contributed by atoms with van der Waals surface area (Å²) in [5.41, 5.74) is 0. The molecule has 1 N–H and O–H groups in total. The minimum atomic E-state index is -3.46. The Labute approximate surface area is 112 Å². The first kappa shape index (κ1) is 15.1. The predicted octanol–water partition coefficient (Wildman–Crippen LogP) is 1.53. The van der Waals surface area contributed by atoms with Gasteiger partial charge in [-0.1, -0.05) is 6.92 Å². The van der Waals surface area contributed by atoms with Gasteiger partial charge in [0.1, 0.15) is 0 Å². The lowest BCUT2D eigenvalue weighted by molar-refractivity contribution is 0.0943. The van der Waals surface area contributed by atoms with E-state index < -0.39 is 10.0 Å². The lowest BCUT2D eigenvalue weighted by Gasteiger charge is -2.10. The SMILES string of the molecule is CC[C@H](C)NC(=O)c1cc(S(=O)(=O)N(C)C)cs1. The number of rotatable bonds is 5. The van der Waals surface area contributed by atoms with Gasteiger partial charge < -0.3 is 5.32 Å². The monoisotopic (exact) mass is 290 g/mol. The molecule has 0 spiro atoms. The van der Waals surface area contributed by atoms with E-state index in [4.69, 9.17) is 0 Å². The van der Waals surface area contributed by atoms with Crippen LogP contribution in [0, 0.1) is 0 Å². The summed E-state index contributed by atoms with van der Waals surface area (Å²) in [6, 6.07) is 1.49. The highest BCUT2D eigenvalue weighted by Gasteiger charge is 2.21. The fraction of sp³-hybridized carbons (Fsp3) is 0.545. The zero-order valence-corrected chi connectivity index (χ0v) is 12.6. The largest absolute Gasteiger partial charge is 0.349 e. The topological polar surface area (TPSA) is 66.5 Å². The first-order chi connectivity index (χ1) is 8.28. The molecular weight excluding hydrogens is 272 g/mol. The van der Waals surface area contributed by atoms with Gasteiger partial charge >= 0.3 is 0 Å². The first-order valence-corrected chi connectivity index (χ1v) is 7.93. The molecule has 1 heterocycles. The van der Waals surface area contributed by atoms with Crippen LogP contribution in [0.15, 0.2) is 16.3 Å². The van der Waals surface area contributed by atoms with Gasteiger partial charge in [-0.2, -0.15) is 0 Å². The van der Waals surface area contributed by atoms with E-state index >= 15 is 0 Å². The van der Waals surface area contributed by atoms with Gasteiger partial charge in [-0.15, -0.1) is 11.3 Å². The maximum absolute atomic E-state index is 11.8. The smallest absolute Gasteiger partial charge is 0.261 e. The van der Waals surface area contributed by atoms with Crippen LogP contribution >= 0.6 is 11.3 Å². The molecule has 1 amide bonds. The van der Waals surface area contributed by atoms with Crippen LogP contribution in [0.5, 0.6) is 0 Å². The Morgan fingerprint density at radius 1 is 1.50 bits per heavy atom. The van der Waals surface area contributed by atoms with Crippen molar-refractivity contribution in [2.75, 3.05) is 14.1 Å². The van der Waals surface area contributed by atoms with E-state index in [1.165, 1.54) is 25.5 Å². The van der Waals surface area contributed by atoms with Crippen LogP contribution in [-0.2, 0) is 10.0 Å². The van der Waals surface area contributed by atoms with Crippen molar-refractivity contribution in [1.29, 1.82) is 0 Å². The van der Waals surface area contributed by atoms with E-state index in [-0.39, 0.29) is 16.8 Å². The van der Waals surface area contributed by atoms with Gasteiger partial charge in [-0.3, -0.25) is 4.79 Å². The number of thiophene rings is 1. The Kier molecular flexibility index (Phi) is 4.89. The van der Waals surface area contributed by atoms with E-state index in [0.717, 1.165) is 22.1 Å². The fourth-order valence-electron chi connectivity index (χ4n) is 1.18. The molecule has 5 nitrogen and oxygen atoms in total. The summed E-state index contributed by atoms with van der Waals surface area (Å²) >= 11 is 1.14. The van der Waals surface area contributed by atoms with Crippen molar-refractivity contribution in [3.05, 3.63) is 16.3 Å². The summed E-state index contributed by atoms with van der Waals surface area (Å²) in [4.78, 5) is 12.4. The minimum absolute atomic E-state index is 0.0773. The molecule has 1 atom stereocenters. The van der Waals surface area contributed by atoms with Crippen LogP contribution in [0.25, 0.3) is 0 Å². The molecule has 0 saturated carbocycles. The summed E-state index contributed by atoms with van der Waals surface area (Å²) in [5.74, 6) is -0.227. The second kappa shape index (κ2) is 5.81. The second-order valence-electron chi connectivity index (χ2n) is 4.22. The van der Waals surface area contributed by atoms with Crippen LogP contribution in [0.3, 0.4) is 0 Å². The van der Waals surface area contributed by atoms with Gasteiger partial charge in [-0.05, 0) is 19.4 Å². The highest BCUT2D eigenvalue weighted by atomic mass is 32.2. The highest BCUT2D eigenvalue weighted by molar-refractivity contribution is 7.89. The zero-order valence-electron chi connectivity index (χ0n) is 10.9. The minimum Gasteiger partial charge on any atom is -0.349 e.